The number of amides is 1. The maximum absolute atomic E-state index is 12.1. The molecule has 0 aromatic heterocycles. The molecule has 17 heavy (non-hydrogen) atoms. The van der Waals surface area contributed by atoms with Gasteiger partial charge < -0.3 is 10.6 Å². The third kappa shape index (κ3) is 3.21. The molecule has 2 N–H and O–H groups in total. The molecule has 2 fully saturated rings. The third-order valence-electron chi connectivity index (χ3n) is 4.43. The summed E-state index contributed by atoms with van der Waals surface area (Å²) in [5.41, 5.74) is 0. The van der Waals surface area contributed by atoms with Crippen molar-refractivity contribution in [2.45, 2.75) is 52.0 Å². The van der Waals surface area contributed by atoms with Gasteiger partial charge in [0.1, 0.15) is 0 Å². The highest BCUT2D eigenvalue weighted by atomic mass is 16.2. The second kappa shape index (κ2) is 5.85. The summed E-state index contributed by atoms with van der Waals surface area (Å²) in [4.78, 5) is 12.1. The molecular weight excluding hydrogens is 212 g/mol. The van der Waals surface area contributed by atoms with Crippen molar-refractivity contribution >= 4 is 5.91 Å². The van der Waals surface area contributed by atoms with Crippen LogP contribution in [0.4, 0.5) is 0 Å². The minimum Gasteiger partial charge on any atom is -0.353 e. The summed E-state index contributed by atoms with van der Waals surface area (Å²) in [6.07, 6.45) is 6.07. The van der Waals surface area contributed by atoms with Crippen molar-refractivity contribution in [1.29, 1.82) is 0 Å². The lowest BCUT2D eigenvalue weighted by Gasteiger charge is -2.35. The van der Waals surface area contributed by atoms with Gasteiger partial charge in [0.2, 0.25) is 5.91 Å². The Bertz CT molecular complexity index is 259. The van der Waals surface area contributed by atoms with Crippen LogP contribution >= 0.6 is 0 Å². The quantitative estimate of drug-likeness (QED) is 0.789. The maximum atomic E-state index is 12.1. The van der Waals surface area contributed by atoms with Crippen molar-refractivity contribution in [2.75, 3.05) is 13.1 Å². The Morgan fingerprint density at radius 2 is 2.00 bits per heavy atom. The van der Waals surface area contributed by atoms with E-state index in [0.29, 0.717) is 17.9 Å². The van der Waals surface area contributed by atoms with E-state index in [1.54, 1.807) is 0 Å². The first kappa shape index (κ1) is 12.9. The zero-order chi connectivity index (χ0) is 12.3. The van der Waals surface area contributed by atoms with Gasteiger partial charge in [-0.3, -0.25) is 4.79 Å². The van der Waals surface area contributed by atoms with E-state index in [9.17, 15) is 4.79 Å². The van der Waals surface area contributed by atoms with Crippen molar-refractivity contribution in [3.63, 3.8) is 0 Å². The van der Waals surface area contributed by atoms with E-state index >= 15 is 0 Å². The summed E-state index contributed by atoms with van der Waals surface area (Å²) in [5.74, 6) is 1.86. The Kier molecular flexibility index (Phi) is 4.43. The molecule has 0 radical (unpaired) electrons. The van der Waals surface area contributed by atoms with Gasteiger partial charge in [-0.1, -0.05) is 26.7 Å². The first-order valence-electron chi connectivity index (χ1n) is 7.19. The molecule has 0 bridgehead atoms. The third-order valence-corrected chi connectivity index (χ3v) is 4.43. The van der Waals surface area contributed by atoms with Crippen molar-refractivity contribution in [3.05, 3.63) is 0 Å². The highest BCUT2D eigenvalue weighted by molar-refractivity contribution is 5.79. The molecule has 0 aromatic rings. The van der Waals surface area contributed by atoms with Crippen LogP contribution in [0.2, 0.25) is 0 Å². The molecule has 1 amide bonds. The monoisotopic (exact) mass is 238 g/mol. The van der Waals surface area contributed by atoms with Crippen LogP contribution in [0, 0.1) is 17.8 Å². The summed E-state index contributed by atoms with van der Waals surface area (Å²) < 4.78 is 0. The van der Waals surface area contributed by atoms with Crippen molar-refractivity contribution < 1.29 is 4.79 Å². The fourth-order valence-corrected chi connectivity index (χ4v) is 3.32. The predicted octanol–water partition coefficient (Wildman–Crippen LogP) is 1.93. The highest BCUT2D eigenvalue weighted by Gasteiger charge is 2.31. The van der Waals surface area contributed by atoms with Gasteiger partial charge in [-0.25, -0.2) is 0 Å². The molecule has 3 atom stereocenters. The Morgan fingerprint density at radius 1 is 1.24 bits per heavy atom. The van der Waals surface area contributed by atoms with Gasteiger partial charge in [0.15, 0.2) is 0 Å². The van der Waals surface area contributed by atoms with Gasteiger partial charge in [-0.05, 0) is 37.6 Å². The van der Waals surface area contributed by atoms with E-state index in [0.717, 1.165) is 19.5 Å². The number of rotatable bonds is 3. The summed E-state index contributed by atoms with van der Waals surface area (Å²) in [5, 5.41) is 6.58. The Morgan fingerprint density at radius 3 is 2.65 bits per heavy atom. The first-order valence-corrected chi connectivity index (χ1v) is 7.19. The average molecular weight is 238 g/mol. The molecule has 3 unspecified atom stereocenters. The fourth-order valence-electron chi connectivity index (χ4n) is 3.32. The van der Waals surface area contributed by atoms with Crippen LogP contribution in [0.5, 0.6) is 0 Å². The lowest BCUT2D eigenvalue weighted by Crippen LogP contribution is -2.46. The van der Waals surface area contributed by atoms with E-state index in [-0.39, 0.29) is 11.8 Å². The minimum atomic E-state index is 0.213. The van der Waals surface area contributed by atoms with Crippen LogP contribution in [0.25, 0.3) is 0 Å². The second-order valence-corrected chi connectivity index (χ2v) is 6.00. The molecule has 0 aromatic carbocycles. The molecule has 1 aliphatic carbocycles. The summed E-state index contributed by atoms with van der Waals surface area (Å²) in [6, 6.07) is 0.428. The molecular formula is C14H26N2O. The molecule has 1 saturated carbocycles. The van der Waals surface area contributed by atoms with Crippen LogP contribution in [0.1, 0.15) is 46.0 Å². The van der Waals surface area contributed by atoms with Crippen LogP contribution < -0.4 is 10.6 Å². The highest BCUT2D eigenvalue weighted by Crippen LogP contribution is 2.30. The number of hydrogen-bond acceptors (Lipinski definition) is 2. The second-order valence-electron chi connectivity index (χ2n) is 6.00. The van der Waals surface area contributed by atoms with Gasteiger partial charge in [0.25, 0.3) is 0 Å². The van der Waals surface area contributed by atoms with E-state index in [2.05, 4.69) is 24.5 Å². The van der Waals surface area contributed by atoms with Crippen molar-refractivity contribution in [3.8, 4) is 0 Å². The van der Waals surface area contributed by atoms with Gasteiger partial charge >= 0.3 is 0 Å². The van der Waals surface area contributed by atoms with Crippen LogP contribution in [-0.2, 0) is 4.79 Å². The van der Waals surface area contributed by atoms with E-state index < -0.39 is 0 Å². The van der Waals surface area contributed by atoms with Crippen LogP contribution in [0.3, 0.4) is 0 Å². The molecule has 98 valence electrons. The lowest BCUT2D eigenvalue weighted by molar-refractivity contribution is -0.125. The molecule has 2 aliphatic rings. The van der Waals surface area contributed by atoms with Gasteiger partial charge in [-0.15, -0.1) is 0 Å². The van der Waals surface area contributed by atoms with Crippen LogP contribution in [-0.4, -0.2) is 25.0 Å². The van der Waals surface area contributed by atoms with E-state index in [1.165, 1.54) is 25.7 Å². The molecule has 3 heteroatoms. The number of carbonyl (C=O) groups is 1. The molecule has 1 aliphatic heterocycles. The lowest BCUT2D eigenvalue weighted by atomic mass is 9.77. The topological polar surface area (TPSA) is 41.1 Å². The average Bonchev–Trinajstić information content (AvgIpc) is 2.83. The number of carbonyl (C=O) groups excluding carboxylic acids is 1. The zero-order valence-electron chi connectivity index (χ0n) is 11.2. The zero-order valence-corrected chi connectivity index (χ0v) is 11.2. The molecule has 2 rings (SSSR count). The number of hydrogen-bond donors (Lipinski definition) is 2. The molecule has 1 heterocycles. The maximum Gasteiger partial charge on any atom is 0.224 e. The Hall–Kier alpha value is -0.570. The van der Waals surface area contributed by atoms with Crippen molar-refractivity contribution in [2.24, 2.45) is 17.8 Å². The number of nitrogens with one attached hydrogen (secondary N) is 2. The predicted molar refractivity (Wildman–Crippen MR) is 69.7 cm³/mol. The van der Waals surface area contributed by atoms with Gasteiger partial charge in [0, 0.05) is 12.6 Å². The van der Waals surface area contributed by atoms with Gasteiger partial charge in [-0.2, -0.15) is 0 Å². The fraction of sp³-hybridized carbons (Fsp3) is 0.929. The smallest absolute Gasteiger partial charge is 0.224 e. The van der Waals surface area contributed by atoms with Gasteiger partial charge in [0.05, 0.1) is 5.92 Å². The SMILES string of the molecule is CC(C)C1CCCCC1NC(=O)C1CCNC1. The summed E-state index contributed by atoms with van der Waals surface area (Å²) in [7, 11) is 0. The standard InChI is InChI=1S/C14H26N2O/c1-10(2)12-5-3-4-6-13(12)16-14(17)11-7-8-15-9-11/h10-13,15H,3-9H2,1-2H3,(H,16,17). The Balaban J connectivity index is 1.88. The molecule has 1 saturated heterocycles. The normalized spacial score (nSPS) is 33.9. The Labute approximate surface area is 105 Å². The summed E-state index contributed by atoms with van der Waals surface area (Å²) >= 11 is 0. The first-order chi connectivity index (χ1) is 8.18. The van der Waals surface area contributed by atoms with Crippen molar-refractivity contribution in [1.82, 2.24) is 10.6 Å². The van der Waals surface area contributed by atoms with E-state index in [1.807, 2.05) is 0 Å². The largest absolute Gasteiger partial charge is 0.353 e. The van der Waals surface area contributed by atoms with E-state index in [4.69, 9.17) is 0 Å². The van der Waals surface area contributed by atoms with Crippen LogP contribution in [0.15, 0.2) is 0 Å². The summed E-state index contributed by atoms with van der Waals surface area (Å²) in [6.45, 7) is 6.43. The molecule has 3 nitrogen and oxygen atoms in total. The molecule has 0 spiro atoms. The minimum absolute atomic E-state index is 0.213.